The zero-order chi connectivity index (χ0) is 70.6. The number of allylic oxidation sites excluding steroid dienone is 2. The lowest BCUT2D eigenvalue weighted by atomic mass is 9.96. The molecule has 14 nitrogen and oxygen atoms in total. The first-order valence-electron chi connectivity index (χ1n) is 39.8. The van der Waals surface area contributed by atoms with Crippen molar-refractivity contribution >= 4 is 57.9 Å². The van der Waals surface area contributed by atoms with Crippen molar-refractivity contribution in [2.75, 3.05) is 92.2 Å². The number of unbranched alkanes of at least 4 members (excludes halogenated alkanes) is 28. The van der Waals surface area contributed by atoms with Crippen LogP contribution in [0.15, 0.2) is 24.3 Å². The van der Waals surface area contributed by atoms with Crippen molar-refractivity contribution in [1.82, 2.24) is 19.6 Å². The fraction of sp³-hybridized carbons (Fsp3) is 0.875. The Hall–Kier alpha value is -3.08. The Labute approximate surface area is 599 Å². The van der Waals surface area contributed by atoms with E-state index in [1.54, 1.807) is 0 Å². The van der Waals surface area contributed by atoms with Gasteiger partial charge in [0.15, 0.2) is 0 Å². The highest BCUT2D eigenvalue weighted by Gasteiger charge is 2.20. The molecule has 2 unspecified atom stereocenters. The van der Waals surface area contributed by atoms with Gasteiger partial charge in [-0.1, -0.05) is 243 Å². The summed E-state index contributed by atoms with van der Waals surface area (Å²) in [6.07, 6.45) is 57.0. The minimum atomic E-state index is -0.159. The van der Waals surface area contributed by atoms with Gasteiger partial charge < -0.3 is 38.5 Å². The van der Waals surface area contributed by atoms with Gasteiger partial charge in [-0.25, -0.2) is 0 Å². The molecule has 0 heterocycles. The Morgan fingerprint density at radius 3 is 1.02 bits per heavy atom. The Balaban J connectivity index is 4.53. The summed E-state index contributed by atoms with van der Waals surface area (Å²) >= 11 is 2.75. The third kappa shape index (κ3) is 64.3. The lowest BCUT2D eigenvalue weighted by molar-refractivity contribution is -0.151. The maximum atomic E-state index is 13.3. The highest BCUT2D eigenvalue weighted by Crippen LogP contribution is 2.23. The summed E-state index contributed by atoms with van der Waals surface area (Å²) in [6.45, 7) is 16.2. The van der Waals surface area contributed by atoms with Gasteiger partial charge in [0.05, 0.1) is 0 Å². The fourth-order valence-electron chi connectivity index (χ4n) is 11.8. The maximum absolute atomic E-state index is 13.3. The van der Waals surface area contributed by atoms with Gasteiger partial charge in [-0.3, -0.25) is 28.8 Å². The lowest BCUT2D eigenvalue weighted by Gasteiger charge is -2.23. The predicted octanol–water partition coefficient (Wildman–Crippen LogP) is 21.9. The van der Waals surface area contributed by atoms with Crippen molar-refractivity contribution in [3.63, 3.8) is 0 Å². The van der Waals surface area contributed by atoms with E-state index in [4.69, 9.17) is 18.9 Å². The summed E-state index contributed by atoms with van der Waals surface area (Å²) in [6, 6.07) is 0. The molecule has 0 rings (SSSR count). The van der Waals surface area contributed by atoms with Crippen molar-refractivity contribution in [3.05, 3.63) is 24.3 Å². The van der Waals surface area contributed by atoms with Crippen LogP contribution in [0.3, 0.4) is 0 Å². The molecular weight excluding hydrogens is 1240 g/mol. The molecule has 2 atom stereocenters. The van der Waals surface area contributed by atoms with Gasteiger partial charge in [-0.15, -0.1) is 0 Å². The van der Waals surface area contributed by atoms with E-state index >= 15 is 0 Å². The third-order valence-corrected chi connectivity index (χ3v) is 19.8. The number of carbonyl (C=O) groups excluding carboxylic acids is 6. The number of hydrogen-bond donors (Lipinski definition) is 0. The molecule has 0 aromatic carbocycles. The SMILES string of the molecule is CCCCCC/C=C\COC(=O)CCCCCN(CCCCCC(=O)OC(CCCCCC)CCCCCCC(C)CCCC/C=C\COC(=O)CCCCCCCN(CCCC(=O)OC(CCCCCCC)CCCCCCC)C(=O)SCCN(C)C)C(=O)SCCN(C)C. The molecule has 562 valence electrons. The second-order valence-electron chi connectivity index (χ2n) is 28.1. The molecule has 0 saturated carbocycles. The van der Waals surface area contributed by atoms with Crippen LogP contribution in [0.2, 0.25) is 0 Å². The van der Waals surface area contributed by atoms with E-state index in [9.17, 15) is 28.8 Å². The van der Waals surface area contributed by atoms with Crippen molar-refractivity contribution in [3.8, 4) is 0 Å². The molecule has 0 bridgehead atoms. The van der Waals surface area contributed by atoms with Crippen molar-refractivity contribution < 1.29 is 47.7 Å². The number of rotatable bonds is 70. The molecule has 0 N–H and O–H groups in total. The monoisotopic (exact) mass is 1390 g/mol. The van der Waals surface area contributed by atoms with Gasteiger partial charge in [0.2, 0.25) is 0 Å². The minimum absolute atomic E-state index is 0.00483. The lowest BCUT2D eigenvalue weighted by Crippen LogP contribution is -2.31. The number of amides is 2. The first-order chi connectivity index (χ1) is 46.6. The average molecular weight is 1390 g/mol. The molecule has 0 spiro atoms. The van der Waals surface area contributed by atoms with Crippen LogP contribution in [-0.4, -0.2) is 158 Å². The molecule has 96 heavy (non-hydrogen) atoms. The number of esters is 4. The highest BCUT2D eigenvalue weighted by molar-refractivity contribution is 8.13. The number of nitrogens with zero attached hydrogens (tertiary/aromatic N) is 4. The Morgan fingerprint density at radius 2 is 0.615 bits per heavy atom. The smallest absolute Gasteiger partial charge is 0.306 e. The Morgan fingerprint density at radius 1 is 0.323 bits per heavy atom. The number of ether oxygens (including phenoxy) is 4. The van der Waals surface area contributed by atoms with Crippen LogP contribution in [0.1, 0.15) is 343 Å². The molecule has 0 fully saturated rings. The average Bonchev–Trinajstić information content (AvgIpc) is 3.40. The Kier molecular flexibility index (Phi) is 68.1. The van der Waals surface area contributed by atoms with Gasteiger partial charge in [-0.05, 0) is 156 Å². The van der Waals surface area contributed by atoms with E-state index in [1.807, 2.05) is 50.1 Å². The fourth-order valence-corrected chi connectivity index (χ4v) is 13.8. The van der Waals surface area contributed by atoms with Gasteiger partial charge in [-0.2, -0.15) is 0 Å². The standard InChI is InChI=1S/C80H150N4O10S2/c1-10-14-18-22-23-33-49-68-92-76(86)59-44-35-47-63-83(79(89)95-70-66-81(6)7)64-48-36-45-60-77(87)93-73(54-39-21-17-13-4)57-42-31-30-38-53-72(5)52-37-28-25-34-50-69-91-75(85)58-43-29-24-32-46-62-84(80(90)96-71-67-82(8)9)65-51-61-78(88)94-74(55-40-26-19-15-11-2)56-41-27-20-16-12-3/h33-34,49-50,72-74H,10-32,35-48,51-71H2,1-9H3/b49-33-,50-34-. The second-order valence-corrected chi connectivity index (χ2v) is 30.2. The van der Waals surface area contributed by atoms with E-state index in [-0.39, 0.29) is 46.6 Å². The topological polar surface area (TPSA) is 152 Å². The molecule has 0 aromatic rings. The molecule has 0 saturated heterocycles. The van der Waals surface area contributed by atoms with Crippen LogP contribution in [0.25, 0.3) is 0 Å². The molecule has 0 aliphatic heterocycles. The van der Waals surface area contributed by atoms with Crippen LogP contribution in [0.4, 0.5) is 9.59 Å². The van der Waals surface area contributed by atoms with E-state index in [0.717, 1.165) is 166 Å². The van der Waals surface area contributed by atoms with Gasteiger partial charge in [0.1, 0.15) is 25.4 Å². The summed E-state index contributed by atoms with van der Waals surface area (Å²) in [7, 11) is 8.08. The van der Waals surface area contributed by atoms with E-state index in [2.05, 4.69) is 56.6 Å². The zero-order valence-corrected chi connectivity index (χ0v) is 65.4. The minimum Gasteiger partial charge on any atom is -0.462 e. The van der Waals surface area contributed by atoms with E-state index in [0.29, 0.717) is 77.4 Å². The maximum Gasteiger partial charge on any atom is 0.306 e. The van der Waals surface area contributed by atoms with Crippen LogP contribution in [0.5, 0.6) is 0 Å². The van der Waals surface area contributed by atoms with Gasteiger partial charge in [0.25, 0.3) is 10.5 Å². The van der Waals surface area contributed by atoms with Crippen LogP contribution >= 0.6 is 23.5 Å². The molecule has 2 amide bonds. The van der Waals surface area contributed by atoms with Crippen molar-refractivity contribution in [2.45, 2.75) is 355 Å². The summed E-state index contributed by atoms with van der Waals surface area (Å²) in [4.78, 5) is 85.6. The summed E-state index contributed by atoms with van der Waals surface area (Å²) in [5, 5.41) is 0.201. The second kappa shape index (κ2) is 70.4. The zero-order valence-electron chi connectivity index (χ0n) is 63.7. The molecule has 16 heteroatoms. The highest BCUT2D eigenvalue weighted by atomic mass is 32.2. The summed E-state index contributed by atoms with van der Waals surface area (Å²) in [5.74, 6) is 1.68. The molecule has 0 aromatic heterocycles. The third-order valence-electron chi connectivity index (χ3n) is 18.0. The van der Waals surface area contributed by atoms with Crippen molar-refractivity contribution in [2.24, 2.45) is 5.92 Å². The first kappa shape index (κ1) is 92.9. The van der Waals surface area contributed by atoms with Crippen LogP contribution in [0, 0.1) is 5.92 Å². The van der Waals surface area contributed by atoms with Crippen molar-refractivity contribution in [1.29, 1.82) is 0 Å². The largest absolute Gasteiger partial charge is 0.462 e. The number of hydrogen-bond acceptors (Lipinski definition) is 14. The quantitative estimate of drug-likeness (QED) is 0.0246. The first-order valence-corrected chi connectivity index (χ1v) is 41.7. The van der Waals surface area contributed by atoms with Crippen LogP contribution in [-0.2, 0) is 38.1 Å². The summed E-state index contributed by atoms with van der Waals surface area (Å²) in [5.41, 5.74) is 0. The molecule has 0 aliphatic carbocycles. The van der Waals surface area contributed by atoms with Gasteiger partial charge in [0, 0.05) is 76.5 Å². The molecular formula is C80H150N4O10S2. The molecule has 0 radical (unpaired) electrons. The number of carbonyl (C=O) groups is 6. The van der Waals surface area contributed by atoms with Gasteiger partial charge >= 0.3 is 23.9 Å². The summed E-state index contributed by atoms with van der Waals surface area (Å²) < 4.78 is 23.1. The van der Waals surface area contributed by atoms with Crippen LogP contribution < -0.4 is 0 Å². The molecule has 0 aliphatic rings. The Bertz CT molecular complexity index is 1880. The predicted molar refractivity (Wildman–Crippen MR) is 409 cm³/mol. The number of thioether (sulfide) groups is 2. The van der Waals surface area contributed by atoms with E-state index < -0.39 is 0 Å². The normalized spacial score (nSPS) is 12.4. The van der Waals surface area contributed by atoms with E-state index in [1.165, 1.54) is 158 Å².